The van der Waals surface area contributed by atoms with Crippen LogP contribution in [-0.4, -0.2) is 17.0 Å². The van der Waals surface area contributed by atoms with Crippen molar-refractivity contribution >= 4 is 17.4 Å². The number of nitrogens with one attached hydrogen (secondary N) is 1. The van der Waals surface area contributed by atoms with Crippen molar-refractivity contribution in [1.82, 2.24) is 9.97 Å². The molecule has 0 spiro atoms. The van der Waals surface area contributed by atoms with Crippen molar-refractivity contribution in [3.8, 4) is 11.3 Å². The maximum absolute atomic E-state index is 13.1. The average molecular weight is 252 g/mol. The lowest BCUT2D eigenvalue weighted by Crippen LogP contribution is -1.98. The van der Waals surface area contributed by atoms with Gasteiger partial charge in [0, 0.05) is 18.7 Å². The molecule has 1 heterocycles. The highest BCUT2D eigenvalue weighted by atomic mass is 35.5. The number of anilines is 1. The molecule has 5 heteroatoms. The largest absolute Gasteiger partial charge is 0.373 e. The molecular formula is C12H11ClFN3. The molecule has 0 saturated carbocycles. The molecule has 0 amide bonds. The molecule has 0 fully saturated rings. The number of benzene rings is 1. The second-order valence-electron chi connectivity index (χ2n) is 3.56. The molecule has 2 aromatic rings. The third-order valence-corrected chi connectivity index (χ3v) is 2.60. The number of hydrogen-bond acceptors (Lipinski definition) is 3. The van der Waals surface area contributed by atoms with Crippen LogP contribution in [-0.2, 0) is 0 Å². The van der Waals surface area contributed by atoms with E-state index in [0.717, 1.165) is 5.56 Å². The minimum Gasteiger partial charge on any atom is -0.373 e. The van der Waals surface area contributed by atoms with Gasteiger partial charge in [-0.3, -0.25) is 0 Å². The maximum atomic E-state index is 13.1. The molecule has 88 valence electrons. The van der Waals surface area contributed by atoms with Crippen LogP contribution in [0.5, 0.6) is 0 Å². The van der Waals surface area contributed by atoms with Crippen LogP contribution in [0, 0.1) is 12.7 Å². The lowest BCUT2D eigenvalue weighted by atomic mass is 10.1. The molecule has 0 aliphatic carbocycles. The summed E-state index contributed by atoms with van der Waals surface area (Å²) in [4.78, 5) is 8.48. The highest BCUT2D eigenvalue weighted by Crippen LogP contribution is 2.24. The van der Waals surface area contributed by atoms with Gasteiger partial charge in [0.1, 0.15) is 17.5 Å². The summed E-state index contributed by atoms with van der Waals surface area (Å²) < 4.78 is 13.1. The summed E-state index contributed by atoms with van der Waals surface area (Å²) in [6.07, 6.45) is 0. The Kier molecular flexibility index (Phi) is 3.24. The van der Waals surface area contributed by atoms with Crippen molar-refractivity contribution < 1.29 is 4.39 Å². The summed E-state index contributed by atoms with van der Waals surface area (Å²) in [5, 5.41) is 3.03. The van der Waals surface area contributed by atoms with E-state index in [-0.39, 0.29) is 5.02 Å². The summed E-state index contributed by atoms with van der Waals surface area (Å²) in [5.74, 6) is 0.926. The third kappa shape index (κ3) is 2.53. The lowest BCUT2D eigenvalue weighted by Gasteiger charge is -2.06. The van der Waals surface area contributed by atoms with E-state index in [1.165, 1.54) is 6.07 Å². The number of hydrogen-bond donors (Lipinski definition) is 1. The molecule has 3 nitrogen and oxygen atoms in total. The Balaban J connectivity index is 2.52. The first-order valence-corrected chi connectivity index (χ1v) is 5.47. The number of halogens is 2. The lowest BCUT2D eigenvalue weighted by molar-refractivity contribution is 0.628. The quantitative estimate of drug-likeness (QED) is 0.890. The predicted octanol–water partition coefficient (Wildman–Crippen LogP) is 3.29. The van der Waals surface area contributed by atoms with Crippen LogP contribution in [0.2, 0.25) is 5.02 Å². The topological polar surface area (TPSA) is 37.8 Å². The van der Waals surface area contributed by atoms with Crippen LogP contribution in [0.3, 0.4) is 0 Å². The number of aromatic nitrogens is 2. The zero-order valence-corrected chi connectivity index (χ0v) is 10.2. The van der Waals surface area contributed by atoms with E-state index in [1.807, 2.05) is 0 Å². The van der Waals surface area contributed by atoms with E-state index < -0.39 is 5.82 Å². The zero-order valence-electron chi connectivity index (χ0n) is 9.46. The van der Waals surface area contributed by atoms with Gasteiger partial charge in [0.25, 0.3) is 0 Å². The number of aryl methyl sites for hydroxylation is 1. The summed E-state index contributed by atoms with van der Waals surface area (Å²) >= 11 is 5.74. The monoisotopic (exact) mass is 251 g/mol. The van der Waals surface area contributed by atoms with Gasteiger partial charge in [0.05, 0.1) is 10.7 Å². The zero-order chi connectivity index (χ0) is 12.4. The second kappa shape index (κ2) is 4.67. The van der Waals surface area contributed by atoms with Crippen LogP contribution in [0.15, 0.2) is 24.3 Å². The average Bonchev–Trinajstić information content (AvgIpc) is 2.32. The van der Waals surface area contributed by atoms with Gasteiger partial charge in [-0.1, -0.05) is 11.6 Å². The van der Waals surface area contributed by atoms with Crippen molar-refractivity contribution in [3.05, 3.63) is 40.9 Å². The first-order chi connectivity index (χ1) is 8.10. The molecule has 2 rings (SSSR count). The Morgan fingerprint density at radius 2 is 2.00 bits per heavy atom. The van der Waals surface area contributed by atoms with E-state index in [4.69, 9.17) is 11.6 Å². The Hall–Kier alpha value is -1.68. The Morgan fingerprint density at radius 3 is 2.65 bits per heavy atom. The van der Waals surface area contributed by atoms with Crippen molar-refractivity contribution in [2.45, 2.75) is 6.92 Å². The van der Waals surface area contributed by atoms with Gasteiger partial charge < -0.3 is 5.32 Å². The molecule has 0 aliphatic heterocycles. The fourth-order valence-corrected chi connectivity index (χ4v) is 1.68. The van der Waals surface area contributed by atoms with Crippen molar-refractivity contribution in [2.75, 3.05) is 12.4 Å². The molecule has 17 heavy (non-hydrogen) atoms. The minimum absolute atomic E-state index is 0.0878. The van der Waals surface area contributed by atoms with Gasteiger partial charge >= 0.3 is 0 Å². The molecule has 0 unspecified atom stereocenters. The van der Waals surface area contributed by atoms with Gasteiger partial charge in [-0.25, -0.2) is 14.4 Å². The number of rotatable bonds is 2. The van der Waals surface area contributed by atoms with Gasteiger partial charge in [0.15, 0.2) is 0 Å². The van der Waals surface area contributed by atoms with Crippen LogP contribution >= 0.6 is 11.6 Å². The highest BCUT2D eigenvalue weighted by molar-refractivity contribution is 6.31. The predicted molar refractivity (Wildman–Crippen MR) is 66.7 cm³/mol. The fourth-order valence-electron chi connectivity index (χ4n) is 1.50. The normalized spacial score (nSPS) is 10.4. The first kappa shape index (κ1) is 11.8. The van der Waals surface area contributed by atoms with Crippen LogP contribution in [0.25, 0.3) is 11.3 Å². The second-order valence-corrected chi connectivity index (χ2v) is 3.97. The molecule has 0 atom stereocenters. The highest BCUT2D eigenvalue weighted by Gasteiger charge is 2.06. The van der Waals surface area contributed by atoms with Gasteiger partial charge in [0.2, 0.25) is 0 Å². The summed E-state index contributed by atoms with van der Waals surface area (Å²) in [6.45, 7) is 1.80. The molecular weight excluding hydrogens is 241 g/mol. The number of nitrogens with zero attached hydrogens (tertiary/aromatic N) is 2. The summed E-state index contributed by atoms with van der Waals surface area (Å²) in [7, 11) is 1.78. The van der Waals surface area contributed by atoms with E-state index >= 15 is 0 Å². The molecule has 0 aliphatic rings. The van der Waals surface area contributed by atoms with Crippen molar-refractivity contribution in [2.24, 2.45) is 0 Å². The van der Waals surface area contributed by atoms with Gasteiger partial charge in [-0.2, -0.15) is 0 Å². The third-order valence-electron chi connectivity index (χ3n) is 2.31. The fraction of sp³-hybridized carbons (Fsp3) is 0.167. The van der Waals surface area contributed by atoms with Crippen molar-refractivity contribution in [1.29, 1.82) is 0 Å². The SMILES string of the molecule is CNc1cc(-c2ccc(F)c(Cl)c2)nc(C)n1. The Morgan fingerprint density at radius 1 is 1.24 bits per heavy atom. The van der Waals surface area contributed by atoms with E-state index in [2.05, 4.69) is 15.3 Å². The molecule has 1 aromatic carbocycles. The maximum Gasteiger partial charge on any atom is 0.141 e. The van der Waals surface area contributed by atoms with Crippen molar-refractivity contribution in [3.63, 3.8) is 0 Å². The van der Waals surface area contributed by atoms with E-state index in [9.17, 15) is 4.39 Å². The summed E-state index contributed by atoms with van der Waals surface area (Å²) in [5.41, 5.74) is 1.47. The van der Waals surface area contributed by atoms with Gasteiger partial charge in [-0.15, -0.1) is 0 Å². The van der Waals surface area contributed by atoms with Crippen LogP contribution < -0.4 is 5.32 Å². The van der Waals surface area contributed by atoms with E-state index in [0.29, 0.717) is 17.3 Å². The Bertz CT molecular complexity index is 557. The molecule has 0 radical (unpaired) electrons. The summed E-state index contributed by atoms with van der Waals surface area (Å²) in [6, 6.07) is 6.31. The van der Waals surface area contributed by atoms with Gasteiger partial charge in [-0.05, 0) is 25.1 Å². The minimum atomic E-state index is -0.435. The molecule has 0 saturated heterocycles. The molecule has 1 aromatic heterocycles. The van der Waals surface area contributed by atoms with Crippen LogP contribution in [0.1, 0.15) is 5.82 Å². The molecule has 0 bridgehead atoms. The molecule has 1 N–H and O–H groups in total. The Labute approximate surface area is 104 Å². The smallest absolute Gasteiger partial charge is 0.141 e. The van der Waals surface area contributed by atoms with E-state index in [1.54, 1.807) is 32.2 Å². The van der Waals surface area contributed by atoms with Crippen LogP contribution in [0.4, 0.5) is 10.2 Å². The standard InChI is InChI=1S/C12H11ClFN3/c1-7-16-11(6-12(15-2)17-7)8-3-4-10(14)9(13)5-8/h3-6H,1-2H3,(H,15,16,17). The first-order valence-electron chi connectivity index (χ1n) is 5.09.